The van der Waals surface area contributed by atoms with Crippen LogP contribution in [-0.4, -0.2) is 24.9 Å². The second-order valence-corrected chi connectivity index (χ2v) is 10.4. The van der Waals surface area contributed by atoms with Crippen molar-refractivity contribution in [3.63, 3.8) is 0 Å². The summed E-state index contributed by atoms with van der Waals surface area (Å²) in [6.45, 7) is 8.39. The summed E-state index contributed by atoms with van der Waals surface area (Å²) < 4.78 is 19.5. The van der Waals surface area contributed by atoms with Crippen LogP contribution in [-0.2, 0) is 22.4 Å². The first-order valence-electron chi connectivity index (χ1n) is 13.0. The van der Waals surface area contributed by atoms with Gasteiger partial charge in [0.1, 0.15) is 23.6 Å². The van der Waals surface area contributed by atoms with E-state index >= 15 is 0 Å². The maximum atomic E-state index is 6.60. The van der Waals surface area contributed by atoms with Crippen LogP contribution in [0.15, 0.2) is 72.8 Å². The zero-order valence-corrected chi connectivity index (χ0v) is 22.4. The predicted molar refractivity (Wildman–Crippen MR) is 148 cm³/mol. The van der Waals surface area contributed by atoms with Crippen LogP contribution in [0.5, 0.6) is 5.75 Å². The number of fused-ring (bicyclic) bond motifs is 1. The lowest BCUT2D eigenvalue weighted by Crippen LogP contribution is -2.51. The van der Waals surface area contributed by atoms with Gasteiger partial charge in [-0.1, -0.05) is 73.8 Å². The Morgan fingerprint density at radius 1 is 0.889 bits per heavy atom. The topological polar surface area (TPSA) is 39.7 Å². The van der Waals surface area contributed by atoms with E-state index in [1.54, 1.807) is 0 Å². The highest BCUT2D eigenvalue weighted by Gasteiger charge is 2.45. The fraction of sp³-hybridized carbons (Fsp3) is 0.419. The molecule has 0 amide bonds. The van der Waals surface area contributed by atoms with Crippen LogP contribution >= 0.6 is 11.6 Å². The van der Waals surface area contributed by atoms with E-state index in [0.29, 0.717) is 19.8 Å². The molecule has 1 aliphatic rings. The van der Waals surface area contributed by atoms with Crippen LogP contribution in [0.4, 0.5) is 5.69 Å². The van der Waals surface area contributed by atoms with E-state index in [1.165, 1.54) is 5.56 Å². The monoisotopic (exact) mass is 507 g/mol. The zero-order valence-electron chi connectivity index (χ0n) is 21.6. The van der Waals surface area contributed by atoms with E-state index < -0.39 is 5.60 Å². The zero-order chi connectivity index (χ0) is 25.4. The highest BCUT2D eigenvalue weighted by molar-refractivity contribution is 6.30. The number of ether oxygens (including phenoxy) is 3. The lowest BCUT2D eigenvalue weighted by molar-refractivity contribution is -0.162. The molecule has 1 N–H and O–H groups in total. The second-order valence-electron chi connectivity index (χ2n) is 9.97. The van der Waals surface area contributed by atoms with Crippen molar-refractivity contribution in [1.82, 2.24) is 0 Å². The van der Waals surface area contributed by atoms with Crippen LogP contribution in [0.2, 0.25) is 5.02 Å². The normalized spacial score (nSPS) is 18.3. The van der Waals surface area contributed by atoms with Crippen molar-refractivity contribution in [3.05, 3.63) is 94.5 Å². The Kier molecular flexibility index (Phi) is 9.30. The molecule has 4 rings (SSSR count). The van der Waals surface area contributed by atoms with Crippen LogP contribution in [0.25, 0.3) is 0 Å². The molecule has 0 spiro atoms. The number of hydrogen-bond donors (Lipinski definition) is 1. The molecule has 5 heteroatoms. The van der Waals surface area contributed by atoms with Crippen molar-refractivity contribution < 1.29 is 14.2 Å². The van der Waals surface area contributed by atoms with E-state index in [-0.39, 0.29) is 12.2 Å². The third-order valence-corrected chi connectivity index (χ3v) is 6.85. The summed E-state index contributed by atoms with van der Waals surface area (Å²) in [5, 5.41) is 4.27. The van der Waals surface area contributed by atoms with Crippen molar-refractivity contribution in [2.75, 3.05) is 18.5 Å². The van der Waals surface area contributed by atoms with Gasteiger partial charge in [-0.15, -0.1) is 0 Å². The fourth-order valence-corrected chi connectivity index (χ4v) is 4.88. The standard InChI is InChI=1S/C31H38ClNO3/c1-4-5-9-18-35-30-29(34-19-17-23-11-7-6-8-12-23)27-21-26(15-16-28(27)36-31(30,2)3)33-22-24-13-10-14-25(32)20-24/h6-8,10-16,20-21,29-30,33H,4-5,9,17-19,22H2,1-3H3. The van der Waals surface area contributed by atoms with Gasteiger partial charge in [0.05, 0.1) is 6.61 Å². The minimum atomic E-state index is -0.508. The number of rotatable bonds is 12. The molecule has 0 radical (unpaired) electrons. The summed E-state index contributed by atoms with van der Waals surface area (Å²) in [7, 11) is 0. The first kappa shape index (κ1) is 26.5. The van der Waals surface area contributed by atoms with Gasteiger partial charge in [-0.25, -0.2) is 0 Å². The average Bonchev–Trinajstić information content (AvgIpc) is 2.87. The molecule has 2 unspecified atom stereocenters. The minimum absolute atomic E-state index is 0.208. The highest BCUT2D eigenvalue weighted by Crippen LogP contribution is 2.44. The molecule has 3 aromatic carbocycles. The van der Waals surface area contributed by atoms with Gasteiger partial charge < -0.3 is 19.5 Å². The lowest BCUT2D eigenvalue weighted by Gasteiger charge is -2.44. The molecule has 0 bridgehead atoms. The van der Waals surface area contributed by atoms with E-state index in [1.807, 2.05) is 30.3 Å². The predicted octanol–water partition coefficient (Wildman–Crippen LogP) is 8.00. The maximum Gasteiger partial charge on any atom is 0.132 e. The Hall–Kier alpha value is -2.53. The first-order valence-corrected chi connectivity index (χ1v) is 13.4. The SMILES string of the molecule is CCCCCOC1C(OCCc2ccccc2)c2cc(NCc3cccc(Cl)c3)ccc2OC1(C)C. The molecular weight excluding hydrogens is 470 g/mol. The van der Waals surface area contributed by atoms with Crippen LogP contribution in [0.3, 0.4) is 0 Å². The Morgan fingerprint density at radius 3 is 2.47 bits per heavy atom. The average molecular weight is 508 g/mol. The molecule has 36 heavy (non-hydrogen) atoms. The molecule has 0 saturated heterocycles. The van der Waals surface area contributed by atoms with Gasteiger partial charge >= 0.3 is 0 Å². The Balaban J connectivity index is 1.54. The van der Waals surface area contributed by atoms with Gasteiger partial charge in [0.25, 0.3) is 0 Å². The summed E-state index contributed by atoms with van der Waals surface area (Å²) in [6, 6.07) is 24.6. The summed E-state index contributed by atoms with van der Waals surface area (Å²) in [4.78, 5) is 0. The van der Waals surface area contributed by atoms with E-state index in [2.05, 4.69) is 68.6 Å². The lowest BCUT2D eigenvalue weighted by atomic mass is 9.87. The van der Waals surface area contributed by atoms with Crippen LogP contribution < -0.4 is 10.1 Å². The number of unbranched alkanes of at least 4 members (excludes halogenated alkanes) is 2. The van der Waals surface area contributed by atoms with Gasteiger partial charge in [0.2, 0.25) is 0 Å². The summed E-state index contributed by atoms with van der Waals surface area (Å²) >= 11 is 6.16. The van der Waals surface area contributed by atoms with Crippen molar-refractivity contribution in [1.29, 1.82) is 0 Å². The van der Waals surface area contributed by atoms with Gasteiger partial charge in [-0.05, 0) is 68.1 Å². The van der Waals surface area contributed by atoms with Crippen molar-refractivity contribution >= 4 is 17.3 Å². The molecule has 0 aromatic heterocycles. The maximum absolute atomic E-state index is 6.60. The largest absolute Gasteiger partial charge is 0.485 e. The molecule has 0 aliphatic carbocycles. The molecule has 4 nitrogen and oxygen atoms in total. The minimum Gasteiger partial charge on any atom is -0.485 e. The first-order chi connectivity index (χ1) is 17.5. The van der Waals surface area contributed by atoms with Gasteiger partial charge in [0.15, 0.2) is 0 Å². The molecule has 2 atom stereocenters. The summed E-state index contributed by atoms with van der Waals surface area (Å²) in [6.07, 6.45) is 3.77. The third kappa shape index (κ3) is 7.03. The number of nitrogens with one attached hydrogen (secondary N) is 1. The molecule has 3 aromatic rings. The summed E-state index contributed by atoms with van der Waals surface area (Å²) in [5.74, 6) is 0.853. The Labute approximate surface area is 220 Å². The Bertz CT molecular complexity index is 1100. The molecule has 192 valence electrons. The molecular formula is C31H38ClNO3. The number of anilines is 1. The second kappa shape index (κ2) is 12.6. The number of halogens is 1. The van der Waals surface area contributed by atoms with Crippen molar-refractivity contribution in [2.24, 2.45) is 0 Å². The summed E-state index contributed by atoms with van der Waals surface area (Å²) in [5.41, 5.74) is 3.93. The van der Waals surface area contributed by atoms with E-state index in [9.17, 15) is 0 Å². The van der Waals surface area contributed by atoms with E-state index in [0.717, 1.165) is 53.3 Å². The quantitative estimate of drug-likeness (QED) is 0.252. The molecule has 1 aliphatic heterocycles. The number of hydrogen-bond acceptors (Lipinski definition) is 4. The fourth-order valence-electron chi connectivity index (χ4n) is 4.67. The highest BCUT2D eigenvalue weighted by atomic mass is 35.5. The van der Waals surface area contributed by atoms with Crippen molar-refractivity contribution in [2.45, 2.75) is 70.8 Å². The Morgan fingerprint density at radius 2 is 1.69 bits per heavy atom. The smallest absolute Gasteiger partial charge is 0.132 e. The molecule has 0 fully saturated rings. The van der Waals surface area contributed by atoms with Gasteiger partial charge in [0, 0.05) is 29.4 Å². The molecule has 0 saturated carbocycles. The van der Waals surface area contributed by atoms with E-state index in [4.69, 9.17) is 25.8 Å². The van der Waals surface area contributed by atoms with Crippen molar-refractivity contribution in [3.8, 4) is 5.75 Å². The van der Waals surface area contributed by atoms with Gasteiger partial charge in [-0.2, -0.15) is 0 Å². The number of benzene rings is 3. The van der Waals surface area contributed by atoms with Crippen LogP contribution in [0.1, 0.15) is 62.8 Å². The third-order valence-electron chi connectivity index (χ3n) is 6.61. The van der Waals surface area contributed by atoms with Gasteiger partial charge in [-0.3, -0.25) is 0 Å². The molecule has 1 heterocycles. The van der Waals surface area contributed by atoms with Crippen LogP contribution in [0, 0.1) is 0 Å².